The van der Waals surface area contributed by atoms with E-state index in [1.54, 1.807) is 45.9 Å². The monoisotopic (exact) mass is 458 g/mol. The fourth-order valence-electron chi connectivity index (χ4n) is 2.71. The van der Waals surface area contributed by atoms with Gasteiger partial charge in [0.05, 0.1) is 11.1 Å². The van der Waals surface area contributed by atoms with Crippen molar-refractivity contribution in [1.29, 1.82) is 0 Å². The molecule has 0 aliphatic heterocycles. The second kappa shape index (κ2) is 11.6. The Bertz CT molecular complexity index is 773. The van der Waals surface area contributed by atoms with E-state index in [-0.39, 0.29) is 0 Å². The van der Waals surface area contributed by atoms with E-state index in [1.165, 1.54) is 0 Å². The Labute approximate surface area is 182 Å². The summed E-state index contributed by atoms with van der Waals surface area (Å²) < 4.78 is 0. The largest absolute Gasteiger partial charge is 0.478 e. The topological polar surface area (TPSA) is 74.6 Å². The molecule has 28 heavy (non-hydrogen) atoms. The normalized spacial score (nSPS) is 10.8. The van der Waals surface area contributed by atoms with Crippen LogP contribution in [0.2, 0.25) is 0 Å². The molecule has 2 aromatic rings. The van der Waals surface area contributed by atoms with Gasteiger partial charge >= 0.3 is 11.9 Å². The smallest absolute Gasteiger partial charge is 0.335 e. The molecule has 0 atom stereocenters. The lowest BCUT2D eigenvalue weighted by atomic mass is 10.0. The summed E-state index contributed by atoms with van der Waals surface area (Å²) in [5.74, 6) is 0.335. The number of carbonyl (C=O) groups is 2. The van der Waals surface area contributed by atoms with Crippen LogP contribution in [0.15, 0.2) is 36.4 Å². The molecule has 0 aliphatic rings. The molecule has 0 saturated heterocycles. The van der Waals surface area contributed by atoms with Crippen LogP contribution in [-0.4, -0.2) is 33.7 Å². The lowest BCUT2D eigenvalue weighted by Crippen LogP contribution is -2.05. The van der Waals surface area contributed by atoms with Crippen molar-refractivity contribution in [3.63, 3.8) is 0 Å². The predicted molar refractivity (Wildman–Crippen MR) is 118 cm³/mol. The summed E-state index contributed by atoms with van der Waals surface area (Å²) in [4.78, 5) is 22.7. The third-order valence-electron chi connectivity index (χ3n) is 4.10. The van der Waals surface area contributed by atoms with E-state index in [0.717, 1.165) is 33.8 Å². The number of aromatic carboxylic acids is 2. The molecule has 2 N–H and O–H groups in total. The standard InChI is InChI=1S/C20H20Cl2O4S2/c21-11-13-1-3-17(19(23)24)15(9-13)5-7-27-28-8-6-16-10-14(12-22)2-4-18(16)20(25)26/h1-4,9-10H,5-8,11-12H2,(H,23,24)(H,25,26). The molecule has 0 amide bonds. The van der Waals surface area contributed by atoms with Gasteiger partial charge in [0, 0.05) is 23.3 Å². The minimum Gasteiger partial charge on any atom is -0.478 e. The summed E-state index contributed by atoms with van der Waals surface area (Å²) >= 11 is 11.7. The Morgan fingerprint density at radius 1 is 0.750 bits per heavy atom. The Morgan fingerprint density at radius 3 is 1.46 bits per heavy atom. The first-order valence-corrected chi connectivity index (χ1v) is 12.1. The molecular weight excluding hydrogens is 439 g/mol. The molecule has 0 unspecified atom stereocenters. The summed E-state index contributed by atoms with van der Waals surface area (Å²) in [5, 5.41) is 18.6. The van der Waals surface area contributed by atoms with Crippen LogP contribution >= 0.6 is 44.8 Å². The van der Waals surface area contributed by atoms with E-state index in [9.17, 15) is 19.8 Å². The van der Waals surface area contributed by atoms with Gasteiger partial charge in [-0.1, -0.05) is 45.9 Å². The molecule has 8 heteroatoms. The summed E-state index contributed by atoms with van der Waals surface area (Å²) in [6.45, 7) is 0. The van der Waals surface area contributed by atoms with Crippen molar-refractivity contribution in [2.24, 2.45) is 0 Å². The summed E-state index contributed by atoms with van der Waals surface area (Å²) in [6, 6.07) is 10.4. The Kier molecular flexibility index (Phi) is 9.51. The highest BCUT2D eigenvalue weighted by molar-refractivity contribution is 8.76. The highest BCUT2D eigenvalue weighted by atomic mass is 35.5. The van der Waals surface area contributed by atoms with Crippen molar-refractivity contribution >= 4 is 56.7 Å². The van der Waals surface area contributed by atoms with Gasteiger partial charge in [0.25, 0.3) is 0 Å². The average Bonchev–Trinajstić information content (AvgIpc) is 2.69. The van der Waals surface area contributed by atoms with E-state index in [0.29, 0.717) is 35.7 Å². The number of hydrogen-bond acceptors (Lipinski definition) is 4. The molecule has 4 nitrogen and oxygen atoms in total. The third-order valence-corrected chi connectivity index (χ3v) is 7.13. The number of halogens is 2. The van der Waals surface area contributed by atoms with E-state index in [2.05, 4.69) is 0 Å². The lowest BCUT2D eigenvalue weighted by molar-refractivity contribution is 0.0685. The zero-order valence-electron chi connectivity index (χ0n) is 15.0. The van der Waals surface area contributed by atoms with Crippen LogP contribution in [0, 0.1) is 0 Å². The van der Waals surface area contributed by atoms with Crippen molar-refractivity contribution in [1.82, 2.24) is 0 Å². The van der Waals surface area contributed by atoms with Crippen molar-refractivity contribution in [2.45, 2.75) is 24.6 Å². The van der Waals surface area contributed by atoms with Crippen LogP contribution < -0.4 is 0 Å². The average molecular weight is 459 g/mol. The van der Waals surface area contributed by atoms with Gasteiger partial charge in [-0.15, -0.1) is 23.2 Å². The van der Waals surface area contributed by atoms with Gasteiger partial charge in [0.2, 0.25) is 0 Å². The summed E-state index contributed by atoms with van der Waals surface area (Å²) in [6.07, 6.45) is 1.26. The van der Waals surface area contributed by atoms with Crippen molar-refractivity contribution < 1.29 is 19.8 Å². The van der Waals surface area contributed by atoms with Gasteiger partial charge in [0.15, 0.2) is 0 Å². The highest BCUT2D eigenvalue weighted by Crippen LogP contribution is 2.26. The molecule has 2 aromatic carbocycles. The fourth-order valence-corrected chi connectivity index (χ4v) is 5.09. The zero-order valence-corrected chi connectivity index (χ0v) is 18.1. The molecule has 150 valence electrons. The number of hydrogen-bond donors (Lipinski definition) is 2. The molecule has 0 spiro atoms. The van der Waals surface area contributed by atoms with Crippen molar-refractivity contribution in [3.8, 4) is 0 Å². The fraction of sp³-hybridized carbons (Fsp3) is 0.300. The van der Waals surface area contributed by atoms with Crippen LogP contribution in [0.5, 0.6) is 0 Å². The third kappa shape index (κ3) is 6.62. The second-order valence-electron chi connectivity index (χ2n) is 6.00. The SMILES string of the molecule is O=C(O)c1ccc(CCl)cc1CCSSCCc1cc(CCl)ccc1C(=O)O. The second-order valence-corrected chi connectivity index (χ2v) is 9.24. The number of benzene rings is 2. The lowest BCUT2D eigenvalue weighted by Gasteiger charge is -2.09. The van der Waals surface area contributed by atoms with Crippen LogP contribution in [-0.2, 0) is 24.6 Å². The van der Waals surface area contributed by atoms with Crippen LogP contribution in [0.3, 0.4) is 0 Å². The number of aryl methyl sites for hydroxylation is 2. The number of alkyl halides is 2. The quantitative estimate of drug-likeness (QED) is 0.254. The maximum atomic E-state index is 11.4. The Balaban J connectivity index is 1.86. The minimum absolute atomic E-state index is 0.309. The van der Waals surface area contributed by atoms with E-state index in [1.807, 2.05) is 12.1 Å². The van der Waals surface area contributed by atoms with Gasteiger partial charge in [0.1, 0.15) is 0 Å². The van der Waals surface area contributed by atoms with Crippen LogP contribution in [0.25, 0.3) is 0 Å². The number of carboxylic acids is 2. The van der Waals surface area contributed by atoms with Crippen LogP contribution in [0.1, 0.15) is 43.0 Å². The van der Waals surface area contributed by atoms with E-state index < -0.39 is 11.9 Å². The molecule has 0 saturated carbocycles. The first kappa shape index (κ1) is 22.9. The van der Waals surface area contributed by atoms with Gasteiger partial charge in [-0.25, -0.2) is 9.59 Å². The molecule has 0 bridgehead atoms. The number of carboxylic acid groups (broad SMARTS) is 2. The molecule has 2 rings (SSSR count). The predicted octanol–water partition coefficient (Wildman–Crippen LogP) is 5.73. The molecule has 0 aliphatic carbocycles. The number of rotatable bonds is 11. The van der Waals surface area contributed by atoms with Crippen LogP contribution in [0.4, 0.5) is 0 Å². The van der Waals surface area contributed by atoms with Gasteiger partial charge in [-0.05, 0) is 47.2 Å². The first-order valence-electron chi connectivity index (χ1n) is 8.52. The highest BCUT2D eigenvalue weighted by Gasteiger charge is 2.12. The molecule has 0 aromatic heterocycles. The molecule has 0 heterocycles. The van der Waals surface area contributed by atoms with Gasteiger partial charge in [-0.2, -0.15) is 0 Å². The molecule has 0 fully saturated rings. The molecule has 0 radical (unpaired) electrons. The summed E-state index contributed by atoms with van der Waals surface area (Å²) in [7, 11) is 3.29. The maximum Gasteiger partial charge on any atom is 0.335 e. The van der Waals surface area contributed by atoms with Gasteiger partial charge < -0.3 is 10.2 Å². The molecular formula is C20H20Cl2O4S2. The van der Waals surface area contributed by atoms with E-state index in [4.69, 9.17) is 23.2 Å². The maximum absolute atomic E-state index is 11.4. The summed E-state index contributed by atoms with van der Waals surface area (Å²) in [5.41, 5.74) is 3.98. The van der Waals surface area contributed by atoms with Crippen molar-refractivity contribution in [3.05, 3.63) is 69.8 Å². The van der Waals surface area contributed by atoms with Gasteiger partial charge in [-0.3, -0.25) is 0 Å². The van der Waals surface area contributed by atoms with Crippen molar-refractivity contribution in [2.75, 3.05) is 11.5 Å². The van der Waals surface area contributed by atoms with E-state index >= 15 is 0 Å². The Hall–Kier alpha value is -1.34. The minimum atomic E-state index is -0.936. The zero-order chi connectivity index (χ0) is 20.5. The first-order chi connectivity index (χ1) is 13.5. The Morgan fingerprint density at radius 2 is 1.14 bits per heavy atom.